The Morgan fingerprint density at radius 3 is 2.35 bits per heavy atom. The summed E-state index contributed by atoms with van der Waals surface area (Å²) in [5.41, 5.74) is 1.92. The number of hydrogen-bond acceptors (Lipinski definition) is 4. The van der Waals surface area contributed by atoms with Gasteiger partial charge >= 0.3 is 5.97 Å². The first-order valence-electron chi connectivity index (χ1n) is 9.12. The second-order valence-electron chi connectivity index (χ2n) is 6.05. The lowest BCUT2D eigenvalue weighted by Crippen LogP contribution is -2.11. The van der Waals surface area contributed by atoms with Crippen LogP contribution in [0, 0.1) is 0 Å². The van der Waals surface area contributed by atoms with Gasteiger partial charge in [0.25, 0.3) is 0 Å². The topological polar surface area (TPSA) is 71.2 Å². The second-order valence-corrected chi connectivity index (χ2v) is 6.05. The van der Waals surface area contributed by atoms with E-state index >= 15 is 0 Å². The summed E-state index contributed by atoms with van der Waals surface area (Å²) in [6.45, 7) is 4.56. The Morgan fingerprint density at radius 2 is 1.65 bits per heavy atom. The van der Waals surface area contributed by atoms with Crippen LogP contribution in [0.1, 0.15) is 51.0 Å². The van der Waals surface area contributed by atoms with Crippen LogP contribution in [-0.2, 0) is 4.79 Å². The van der Waals surface area contributed by atoms with E-state index in [4.69, 9.17) is 4.74 Å². The number of rotatable bonds is 10. The summed E-state index contributed by atoms with van der Waals surface area (Å²) in [5, 5.41) is 18.3. The molecule has 0 fully saturated rings. The number of carboxylic acid groups (broad SMARTS) is 1. The summed E-state index contributed by atoms with van der Waals surface area (Å²) in [5.74, 6) is -0.730. The molecule has 5 heteroatoms. The third kappa shape index (κ3) is 5.41. The Kier molecular flexibility index (Phi) is 7.80. The molecule has 2 aromatic carbocycles. The first kappa shape index (κ1) is 19.6. The number of ether oxygens (including phenoxy) is 1. The van der Waals surface area contributed by atoms with Crippen LogP contribution < -0.4 is 4.74 Å². The van der Waals surface area contributed by atoms with Crippen molar-refractivity contribution in [1.82, 2.24) is 0 Å². The number of carbonyl (C=O) groups is 1. The predicted octanol–water partition coefficient (Wildman–Crippen LogP) is 6.25. The van der Waals surface area contributed by atoms with Crippen LogP contribution in [0.25, 0.3) is 0 Å². The standard InChI is InChI=1S/C21H26N2O3/c1-3-5-6-12-17(21(24)25)16-11-7-8-13-18(16)22-23-19-14-9-10-15-20(19)26-4-2/h7-11,13-15,17H,3-6,12H2,1-2H3,(H,24,25)/b23-22+. The molecule has 2 aromatic rings. The van der Waals surface area contributed by atoms with Crippen molar-refractivity contribution in [3.05, 3.63) is 54.1 Å². The Bertz CT molecular complexity index is 744. The Hall–Kier alpha value is -2.69. The average Bonchev–Trinajstić information content (AvgIpc) is 2.65. The maximum absolute atomic E-state index is 11.8. The highest BCUT2D eigenvalue weighted by Gasteiger charge is 2.22. The van der Waals surface area contributed by atoms with E-state index in [2.05, 4.69) is 17.2 Å². The van der Waals surface area contributed by atoms with Crippen LogP contribution in [-0.4, -0.2) is 17.7 Å². The number of azo groups is 1. The molecule has 2 rings (SSSR count). The Morgan fingerprint density at radius 1 is 1.00 bits per heavy atom. The van der Waals surface area contributed by atoms with Gasteiger partial charge in [0.05, 0.1) is 18.2 Å². The minimum Gasteiger partial charge on any atom is -0.492 e. The van der Waals surface area contributed by atoms with E-state index in [-0.39, 0.29) is 0 Å². The number of para-hydroxylation sites is 1. The number of carboxylic acids is 1. The minimum atomic E-state index is -0.821. The number of hydrogen-bond donors (Lipinski definition) is 1. The fraction of sp³-hybridized carbons (Fsp3) is 0.381. The molecule has 1 N–H and O–H groups in total. The van der Waals surface area contributed by atoms with Gasteiger partial charge in [0.1, 0.15) is 11.4 Å². The molecular weight excluding hydrogens is 328 g/mol. The van der Waals surface area contributed by atoms with Crippen molar-refractivity contribution in [2.75, 3.05) is 6.61 Å². The lowest BCUT2D eigenvalue weighted by molar-refractivity contribution is -0.139. The van der Waals surface area contributed by atoms with Gasteiger partial charge in [0, 0.05) is 0 Å². The first-order valence-corrected chi connectivity index (χ1v) is 9.12. The Balaban J connectivity index is 2.29. The molecular formula is C21H26N2O3. The van der Waals surface area contributed by atoms with Crippen molar-refractivity contribution in [3.8, 4) is 5.75 Å². The molecule has 0 aromatic heterocycles. The summed E-state index contributed by atoms with van der Waals surface area (Å²) < 4.78 is 5.56. The smallest absolute Gasteiger partial charge is 0.311 e. The van der Waals surface area contributed by atoms with Crippen LogP contribution in [0.5, 0.6) is 5.75 Å². The first-order chi connectivity index (χ1) is 12.7. The number of unbranched alkanes of at least 4 members (excludes halogenated alkanes) is 2. The van der Waals surface area contributed by atoms with Crippen LogP contribution in [0.15, 0.2) is 58.8 Å². The van der Waals surface area contributed by atoms with E-state index in [0.29, 0.717) is 35.7 Å². The van der Waals surface area contributed by atoms with E-state index < -0.39 is 11.9 Å². The third-order valence-electron chi connectivity index (χ3n) is 4.14. The molecule has 0 bridgehead atoms. The summed E-state index contributed by atoms with van der Waals surface area (Å²) in [7, 11) is 0. The molecule has 0 amide bonds. The van der Waals surface area contributed by atoms with Crippen molar-refractivity contribution < 1.29 is 14.6 Å². The largest absolute Gasteiger partial charge is 0.492 e. The van der Waals surface area contributed by atoms with Crippen LogP contribution in [0.4, 0.5) is 11.4 Å². The van der Waals surface area contributed by atoms with Crippen molar-refractivity contribution >= 4 is 17.3 Å². The molecule has 5 nitrogen and oxygen atoms in total. The summed E-state index contributed by atoms with van der Waals surface area (Å²) in [6.07, 6.45) is 3.56. The molecule has 26 heavy (non-hydrogen) atoms. The zero-order valence-electron chi connectivity index (χ0n) is 15.4. The summed E-state index contributed by atoms with van der Waals surface area (Å²) in [4.78, 5) is 11.8. The molecule has 1 unspecified atom stereocenters. The molecule has 0 heterocycles. The Labute approximate surface area is 154 Å². The van der Waals surface area contributed by atoms with Gasteiger partial charge in [-0.2, -0.15) is 5.11 Å². The number of nitrogens with zero attached hydrogens (tertiary/aromatic N) is 2. The molecule has 0 aliphatic rings. The highest BCUT2D eigenvalue weighted by molar-refractivity contribution is 5.78. The monoisotopic (exact) mass is 354 g/mol. The summed E-state index contributed by atoms with van der Waals surface area (Å²) >= 11 is 0. The third-order valence-corrected chi connectivity index (χ3v) is 4.14. The fourth-order valence-electron chi connectivity index (χ4n) is 2.81. The second kappa shape index (κ2) is 10.3. The zero-order chi connectivity index (χ0) is 18.8. The van der Waals surface area contributed by atoms with E-state index in [0.717, 1.165) is 19.3 Å². The molecule has 138 valence electrons. The molecule has 0 saturated carbocycles. The molecule has 0 spiro atoms. The lowest BCUT2D eigenvalue weighted by Gasteiger charge is -2.14. The average molecular weight is 354 g/mol. The minimum absolute atomic E-state index is 0.543. The van der Waals surface area contributed by atoms with Crippen molar-refractivity contribution in [3.63, 3.8) is 0 Å². The van der Waals surface area contributed by atoms with E-state index in [1.54, 1.807) is 6.07 Å². The fourth-order valence-corrected chi connectivity index (χ4v) is 2.81. The van der Waals surface area contributed by atoms with E-state index in [1.807, 2.05) is 49.4 Å². The lowest BCUT2D eigenvalue weighted by atomic mass is 9.92. The molecule has 0 saturated heterocycles. The van der Waals surface area contributed by atoms with Crippen molar-refractivity contribution in [1.29, 1.82) is 0 Å². The highest BCUT2D eigenvalue weighted by Crippen LogP contribution is 2.34. The predicted molar refractivity (Wildman–Crippen MR) is 103 cm³/mol. The van der Waals surface area contributed by atoms with Gasteiger partial charge in [-0.1, -0.05) is 56.5 Å². The van der Waals surface area contributed by atoms with Crippen LogP contribution in [0.3, 0.4) is 0 Å². The number of benzene rings is 2. The van der Waals surface area contributed by atoms with Crippen molar-refractivity contribution in [2.45, 2.75) is 45.4 Å². The molecule has 1 atom stereocenters. The summed E-state index contributed by atoms with van der Waals surface area (Å²) in [6, 6.07) is 14.7. The van der Waals surface area contributed by atoms with Gasteiger partial charge in [-0.25, -0.2) is 0 Å². The van der Waals surface area contributed by atoms with Gasteiger partial charge in [0.2, 0.25) is 0 Å². The maximum atomic E-state index is 11.8. The van der Waals surface area contributed by atoms with Gasteiger partial charge in [-0.15, -0.1) is 5.11 Å². The molecule has 0 aliphatic heterocycles. The quantitative estimate of drug-likeness (QED) is 0.405. The van der Waals surface area contributed by atoms with Gasteiger partial charge in [-0.3, -0.25) is 4.79 Å². The van der Waals surface area contributed by atoms with Crippen molar-refractivity contribution in [2.24, 2.45) is 10.2 Å². The van der Waals surface area contributed by atoms with E-state index in [1.165, 1.54) is 0 Å². The number of aliphatic carboxylic acids is 1. The normalized spacial score (nSPS) is 12.2. The molecule has 0 radical (unpaired) electrons. The van der Waals surface area contributed by atoms with Gasteiger partial charge in [-0.05, 0) is 37.1 Å². The van der Waals surface area contributed by atoms with E-state index in [9.17, 15) is 9.90 Å². The van der Waals surface area contributed by atoms with Gasteiger partial charge in [0.15, 0.2) is 0 Å². The van der Waals surface area contributed by atoms with Crippen LogP contribution in [0.2, 0.25) is 0 Å². The van der Waals surface area contributed by atoms with Gasteiger partial charge < -0.3 is 9.84 Å². The highest BCUT2D eigenvalue weighted by atomic mass is 16.5. The maximum Gasteiger partial charge on any atom is 0.311 e. The SMILES string of the molecule is CCCCCC(C(=O)O)c1ccccc1/N=N/c1ccccc1OCC. The molecule has 0 aliphatic carbocycles. The zero-order valence-corrected chi connectivity index (χ0v) is 15.4. The van der Waals surface area contributed by atoms with Crippen LogP contribution >= 0.6 is 0 Å².